The van der Waals surface area contributed by atoms with E-state index in [1.54, 1.807) is 12.1 Å². The summed E-state index contributed by atoms with van der Waals surface area (Å²) < 4.78 is 12.6. The zero-order valence-corrected chi connectivity index (χ0v) is 20.5. The maximum Gasteiger partial charge on any atom is 0.283 e. The van der Waals surface area contributed by atoms with Crippen LogP contribution in [0.25, 0.3) is 16.3 Å². The van der Waals surface area contributed by atoms with E-state index >= 15 is 0 Å². The van der Waals surface area contributed by atoms with Crippen molar-refractivity contribution in [2.75, 3.05) is 19.8 Å². The summed E-state index contributed by atoms with van der Waals surface area (Å²) in [4.78, 5) is 28.7. The van der Waals surface area contributed by atoms with Crippen LogP contribution in [0.4, 0.5) is 5.69 Å². The average Bonchev–Trinajstić information content (AvgIpc) is 3.51. The van der Waals surface area contributed by atoms with Gasteiger partial charge in [-0.1, -0.05) is 17.8 Å². The van der Waals surface area contributed by atoms with E-state index in [4.69, 9.17) is 9.47 Å². The van der Waals surface area contributed by atoms with Crippen molar-refractivity contribution in [3.63, 3.8) is 0 Å². The molecule has 1 aliphatic heterocycles. The Bertz CT molecular complexity index is 1330. The molecule has 1 saturated heterocycles. The summed E-state index contributed by atoms with van der Waals surface area (Å²) in [6.45, 7) is 3.46. The first-order valence-corrected chi connectivity index (χ1v) is 12.6. The molecule has 2 heterocycles. The number of hydrogen-bond donors (Lipinski definition) is 1. The van der Waals surface area contributed by atoms with Gasteiger partial charge < -0.3 is 14.8 Å². The van der Waals surface area contributed by atoms with Crippen molar-refractivity contribution in [2.24, 2.45) is 0 Å². The number of rotatable bonds is 9. The molecular formula is C24H22N4O5S2. The van der Waals surface area contributed by atoms with E-state index in [1.165, 1.54) is 35.2 Å². The molecule has 3 aromatic rings. The molecule has 35 heavy (non-hydrogen) atoms. The Balaban J connectivity index is 1.53. The highest BCUT2D eigenvalue weighted by molar-refractivity contribution is 8.01. The summed E-state index contributed by atoms with van der Waals surface area (Å²) in [6.07, 6.45) is 3.10. The van der Waals surface area contributed by atoms with Gasteiger partial charge in [0.25, 0.3) is 11.6 Å². The van der Waals surface area contributed by atoms with Crippen molar-refractivity contribution in [1.82, 2.24) is 10.3 Å². The van der Waals surface area contributed by atoms with E-state index < -0.39 is 10.8 Å². The first kappa shape index (κ1) is 24.7. The molecule has 1 atom stereocenters. The smallest absolute Gasteiger partial charge is 0.283 e. The van der Waals surface area contributed by atoms with E-state index in [0.717, 1.165) is 28.8 Å². The van der Waals surface area contributed by atoms with E-state index in [-0.39, 0.29) is 17.4 Å². The summed E-state index contributed by atoms with van der Waals surface area (Å²) >= 11 is 2.62. The minimum atomic E-state index is -0.537. The van der Waals surface area contributed by atoms with Crippen LogP contribution >= 0.6 is 23.1 Å². The van der Waals surface area contributed by atoms with Gasteiger partial charge in [-0.25, -0.2) is 4.98 Å². The number of nitrogens with one attached hydrogen (secondary N) is 1. The molecule has 0 saturated carbocycles. The maximum absolute atomic E-state index is 12.4. The lowest BCUT2D eigenvalue weighted by Gasteiger charge is -2.10. The van der Waals surface area contributed by atoms with Gasteiger partial charge in [-0.15, -0.1) is 11.3 Å². The topological polar surface area (TPSA) is 127 Å². The molecule has 0 radical (unpaired) electrons. The maximum atomic E-state index is 12.4. The molecule has 0 unspecified atom stereocenters. The van der Waals surface area contributed by atoms with Crippen LogP contribution in [0.1, 0.15) is 25.3 Å². The molecule has 1 aromatic heterocycles. The number of carbonyl (C=O) groups is 1. The fraction of sp³-hybridized carbons (Fsp3) is 0.292. The second kappa shape index (κ2) is 11.3. The zero-order chi connectivity index (χ0) is 24.8. The number of ether oxygens (including phenoxy) is 2. The number of nitriles is 1. The van der Waals surface area contributed by atoms with E-state index in [9.17, 15) is 20.2 Å². The van der Waals surface area contributed by atoms with Gasteiger partial charge in [0.1, 0.15) is 17.4 Å². The fourth-order valence-electron chi connectivity index (χ4n) is 3.55. The van der Waals surface area contributed by atoms with Crippen LogP contribution in [0.3, 0.4) is 0 Å². The molecular weight excluding hydrogens is 488 g/mol. The summed E-state index contributed by atoms with van der Waals surface area (Å²) in [5.74, 6) is 0.209. The number of nitro benzene ring substituents is 1. The van der Waals surface area contributed by atoms with E-state index in [2.05, 4.69) is 10.3 Å². The highest BCUT2D eigenvalue weighted by atomic mass is 32.2. The molecule has 0 aliphatic carbocycles. The number of carbonyl (C=O) groups excluding carboxylic acids is 1. The van der Waals surface area contributed by atoms with Crippen LogP contribution in [0.2, 0.25) is 0 Å². The molecule has 4 rings (SSSR count). The Morgan fingerprint density at radius 3 is 3.00 bits per heavy atom. The Hall–Kier alpha value is -3.46. The largest absolute Gasteiger partial charge is 0.494 e. The third-order valence-corrected chi connectivity index (χ3v) is 7.36. The van der Waals surface area contributed by atoms with Crippen LogP contribution in [0, 0.1) is 21.4 Å². The number of hydrogen-bond acceptors (Lipinski definition) is 9. The molecule has 1 fully saturated rings. The first-order valence-electron chi connectivity index (χ1n) is 11.0. The molecule has 180 valence electrons. The fourth-order valence-corrected chi connectivity index (χ4v) is 5.69. The molecule has 1 aliphatic rings. The van der Waals surface area contributed by atoms with Gasteiger partial charge in [0, 0.05) is 19.2 Å². The third-order valence-electron chi connectivity index (χ3n) is 5.22. The Labute approximate surface area is 209 Å². The molecule has 1 N–H and O–H groups in total. The van der Waals surface area contributed by atoms with Crippen molar-refractivity contribution in [2.45, 2.75) is 35.1 Å². The van der Waals surface area contributed by atoms with Crippen molar-refractivity contribution in [3.05, 3.63) is 57.6 Å². The van der Waals surface area contributed by atoms with Gasteiger partial charge in [-0.05, 0) is 55.7 Å². The van der Waals surface area contributed by atoms with Gasteiger partial charge >= 0.3 is 0 Å². The van der Waals surface area contributed by atoms with Crippen LogP contribution in [-0.2, 0) is 9.53 Å². The van der Waals surface area contributed by atoms with Crippen molar-refractivity contribution in [3.8, 4) is 11.8 Å². The van der Waals surface area contributed by atoms with Gasteiger partial charge in [0.05, 0.1) is 32.7 Å². The Kier molecular flexibility index (Phi) is 7.97. The summed E-state index contributed by atoms with van der Waals surface area (Å²) in [5.41, 5.74) is 0.912. The van der Waals surface area contributed by atoms with Crippen LogP contribution in [0.15, 0.2) is 51.2 Å². The SMILES string of the molecule is CCOc1ccc2nc(Sc3ccc(/C=C(\C#N)C(=O)NC[C@H]4CCCO4)cc3[N+](=O)[O-])sc2c1. The summed E-state index contributed by atoms with van der Waals surface area (Å²) in [7, 11) is 0. The van der Waals surface area contributed by atoms with Gasteiger partial charge in [0.2, 0.25) is 0 Å². The molecule has 0 spiro atoms. The van der Waals surface area contributed by atoms with Crippen molar-refractivity contribution in [1.29, 1.82) is 5.26 Å². The number of nitro groups is 1. The Morgan fingerprint density at radius 2 is 2.29 bits per heavy atom. The third kappa shape index (κ3) is 6.16. The van der Waals surface area contributed by atoms with Crippen molar-refractivity contribution >= 4 is 51.0 Å². The lowest BCUT2D eigenvalue weighted by atomic mass is 10.1. The number of nitrogens with zero attached hydrogens (tertiary/aromatic N) is 3. The number of benzene rings is 2. The lowest BCUT2D eigenvalue weighted by molar-refractivity contribution is -0.387. The molecule has 9 nitrogen and oxygen atoms in total. The number of fused-ring (bicyclic) bond motifs is 1. The normalized spacial score (nSPS) is 15.7. The quantitative estimate of drug-likeness (QED) is 0.185. The van der Waals surface area contributed by atoms with Gasteiger partial charge in [0.15, 0.2) is 4.34 Å². The minimum Gasteiger partial charge on any atom is -0.494 e. The highest BCUT2D eigenvalue weighted by Crippen LogP contribution is 2.40. The average molecular weight is 511 g/mol. The predicted octanol–water partition coefficient (Wildman–Crippen LogP) is 4.96. The monoisotopic (exact) mass is 510 g/mol. The molecule has 1 amide bonds. The van der Waals surface area contributed by atoms with Gasteiger partial charge in [-0.2, -0.15) is 5.26 Å². The van der Waals surface area contributed by atoms with Gasteiger partial charge in [-0.3, -0.25) is 14.9 Å². The van der Waals surface area contributed by atoms with Crippen LogP contribution < -0.4 is 10.1 Å². The minimum absolute atomic E-state index is 0.0513. The second-order valence-electron chi connectivity index (χ2n) is 7.64. The summed E-state index contributed by atoms with van der Waals surface area (Å²) in [6, 6.07) is 12.1. The number of aromatic nitrogens is 1. The second-order valence-corrected chi connectivity index (χ2v) is 9.96. The standard InChI is InChI=1S/C24H22N4O5S2/c1-2-32-17-6-7-19-22(12-17)35-24(27-19)34-21-8-5-15(11-20(21)28(30)31)10-16(13-25)23(29)26-14-18-4-3-9-33-18/h5-8,10-12,18H,2-4,9,14H2,1H3,(H,26,29)/b16-10+/t18-/m1/s1. The van der Waals surface area contributed by atoms with E-state index in [0.29, 0.717) is 34.6 Å². The van der Waals surface area contributed by atoms with Crippen molar-refractivity contribution < 1.29 is 19.2 Å². The zero-order valence-electron chi connectivity index (χ0n) is 18.9. The molecule has 11 heteroatoms. The van der Waals surface area contributed by atoms with E-state index in [1.807, 2.05) is 31.2 Å². The molecule has 2 aromatic carbocycles. The number of amides is 1. The summed E-state index contributed by atoms with van der Waals surface area (Å²) in [5, 5.41) is 23.9. The lowest BCUT2D eigenvalue weighted by Crippen LogP contribution is -2.32. The first-order chi connectivity index (χ1) is 17.0. The Morgan fingerprint density at radius 1 is 1.43 bits per heavy atom. The number of thiazole rings is 1. The highest BCUT2D eigenvalue weighted by Gasteiger charge is 2.20. The van der Waals surface area contributed by atoms with Crippen LogP contribution in [0.5, 0.6) is 5.75 Å². The van der Waals surface area contributed by atoms with Crippen LogP contribution in [-0.4, -0.2) is 41.7 Å². The predicted molar refractivity (Wildman–Crippen MR) is 134 cm³/mol. The molecule has 0 bridgehead atoms.